The standard InChI is InChI=1S/C58H112N16O11/c1-12-37(10)47(56(84)71-41(19-14-16-30-60)55(83)74-48(38(11)75)57(85)72-45(28-24-36(8)9)52(80)67-39(49(62)77)25-21-33(2)3)73-54(82)42(20-17-31-65-58(63)64)69-50(78)40(18-13-15-29-59)68-53(81)44(27-23-35(6)7)70-51(79)43(26-22-34(4)5)66-46(76)32-61/h33-45,47-48,75H,12-32,59-61H2,1-11H3,(H2,62,77)(H,66,76)(H,67,80)(H,68,81)(H,69,78)(H,70,79)(H,71,84)(H,72,85)(H,73,82)(H,74,83)(H4,63,64,65)/t37-,38+,39-,40-,41-,42-,43-,44-,45-,47-,48-/m0/s1. The van der Waals surface area contributed by atoms with Crippen LogP contribution in [0.1, 0.15) is 185 Å². The van der Waals surface area contributed by atoms with Gasteiger partial charge in [0.1, 0.15) is 54.4 Å². The van der Waals surface area contributed by atoms with Crippen molar-refractivity contribution in [3.05, 3.63) is 0 Å². The lowest BCUT2D eigenvalue weighted by Crippen LogP contribution is -2.62. The molecule has 0 fully saturated rings. The smallest absolute Gasteiger partial charge is 0.245 e. The van der Waals surface area contributed by atoms with Crippen LogP contribution in [0.25, 0.3) is 0 Å². The van der Waals surface area contributed by atoms with Crippen LogP contribution < -0.4 is 82.3 Å². The predicted octanol–water partition coefficient (Wildman–Crippen LogP) is -0.723. The number of aliphatic imine (C=N–C) groups is 1. The molecule has 0 saturated heterocycles. The average molecular weight is 1210 g/mol. The Morgan fingerprint density at radius 3 is 1.01 bits per heavy atom. The molecule has 0 aliphatic heterocycles. The number of rotatable bonds is 46. The number of hydrogen-bond acceptors (Lipinski definition) is 15. The van der Waals surface area contributed by atoms with Crippen molar-refractivity contribution in [2.75, 3.05) is 26.2 Å². The van der Waals surface area contributed by atoms with Crippen LogP contribution in [0.5, 0.6) is 0 Å². The third kappa shape index (κ3) is 33.9. The highest BCUT2D eigenvalue weighted by Gasteiger charge is 2.37. The third-order valence-corrected chi connectivity index (χ3v) is 14.5. The number of hydrogen-bond donors (Lipinski definition) is 16. The molecule has 11 atom stereocenters. The Morgan fingerprint density at radius 2 is 0.682 bits per heavy atom. The van der Waals surface area contributed by atoms with Crippen LogP contribution in [0.4, 0.5) is 0 Å². The van der Waals surface area contributed by atoms with Gasteiger partial charge in [-0.05, 0) is 152 Å². The van der Waals surface area contributed by atoms with Gasteiger partial charge in [0.25, 0.3) is 0 Å². The second kappa shape index (κ2) is 43.4. The number of amides is 10. The predicted molar refractivity (Wildman–Crippen MR) is 329 cm³/mol. The summed E-state index contributed by atoms with van der Waals surface area (Å²) in [5.41, 5.74) is 34.0. The second-order valence-corrected chi connectivity index (χ2v) is 24.1. The van der Waals surface area contributed by atoms with Gasteiger partial charge in [-0.2, -0.15) is 0 Å². The van der Waals surface area contributed by atoms with Crippen molar-refractivity contribution in [3.63, 3.8) is 0 Å². The van der Waals surface area contributed by atoms with Gasteiger partial charge in [-0.3, -0.25) is 52.9 Å². The van der Waals surface area contributed by atoms with Gasteiger partial charge < -0.3 is 87.4 Å². The first-order valence-corrected chi connectivity index (χ1v) is 30.8. The zero-order valence-corrected chi connectivity index (χ0v) is 53.0. The maximum Gasteiger partial charge on any atom is 0.245 e. The van der Waals surface area contributed by atoms with E-state index in [1.54, 1.807) is 13.8 Å². The summed E-state index contributed by atoms with van der Waals surface area (Å²) in [7, 11) is 0. The number of carbonyl (C=O) groups is 10. The quantitative estimate of drug-likeness (QED) is 0.0203. The number of unbranched alkanes of at least 4 members (excludes halogenated alkanes) is 2. The molecule has 490 valence electrons. The zero-order chi connectivity index (χ0) is 64.9. The molecular formula is C58H112N16O11. The Balaban J connectivity index is 7.10. The minimum Gasteiger partial charge on any atom is -0.391 e. The fourth-order valence-electron chi connectivity index (χ4n) is 8.87. The van der Waals surface area contributed by atoms with Gasteiger partial charge in [-0.15, -0.1) is 0 Å². The van der Waals surface area contributed by atoms with Gasteiger partial charge in [-0.1, -0.05) is 75.7 Å². The maximum atomic E-state index is 14.6. The van der Waals surface area contributed by atoms with Crippen molar-refractivity contribution in [3.8, 4) is 0 Å². The average Bonchev–Trinajstić information content (AvgIpc) is 3.59. The molecule has 0 bridgehead atoms. The lowest BCUT2D eigenvalue weighted by molar-refractivity contribution is -0.137. The first-order chi connectivity index (χ1) is 39.9. The molecule has 0 aliphatic rings. The van der Waals surface area contributed by atoms with E-state index >= 15 is 0 Å². The number of aliphatic hydroxyl groups excluding tert-OH is 1. The summed E-state index contributed by atoms with van der Waals surface area (Å²) >= 11 is 0. The Bertz CT molecular complexity index is 2090. The second-order valence-electron chi connectivity index (χ2n) is 24.1. The van der Waals surface area contributed by atoms with E-state index in [9.17, 15) is 53.1 Å². The van der Waals surface area contributed by atoms with Crippen LogP contribution in [0.2, 0.25) is 0 Å². The SMILES string of the molecule is CC[C@H](C)[C@H](NC(=O)[C@H](CCCN=C(N)N)NC(=O)[C@H](CCCCN)NC(=O)[C@H](CCC(C)C)NC(=O)[C@H](CCC(C)C)NC(=O)CN)C(=O)N[C@@H](CCCCN)C(=O)N[C@H](C(=O)N[C@@H](CCC(C)C)C(=O)N[C@@H](CCC(C)C)C(N)=O)[C@@H](C)O. The normalized spacial score (nSPS) is 15.3. The molecule has 0 aromatic rings. The lowest BCUT2D eigenvalue weighted by atomic mass is 9.96. The largest absolute Gasteiger partial charge is 0.391 e. The Hall–Kier alpha value is -6.19. The Morgan fingerprint density at radius 1 is 0.376 bits per heavy atom. The number of nitrogens with one attached hydrogen (secondary N) is 9. The summed E-state index contributed by atoms with van der Waals surface area (Å²) in [6.45, 7) is 20.6. The number of nitrogens with two attached hydrogens (primary N) is 6. The number of aliphatic hydroxyl groups is 1. The zero-order valence-electron chi connectivity index (χ0n) is 53.0. The number of guanidine groups is 1. The molecule has 27 nitrogen and oxygen atoms in total. The molecule has 0 aromatic carbocycles. The number of primary amides is 1. The van der Waals surface area contributed by atoms with Crippen molar-refractivity contribution in [2.24, 2.45) is 69.0 Å². The van der Waals surface area contributed by atoms with Crippen molar-refractivity contribution >= 4 is 65.0 Å². The summed E-state index contributed by atoms with van der Waals surface area (Å²) in [6.07, 6.45) is 3.76. The highest BCUT2D eigenvalue weighted by atomic mass is 16.3. The molecule has 0 aliphatic carbocycles. The van der Waals surface area contributed by atoms with E-state index in [1.807, 2.05) is 55.4 Å². The topological polar surface area (TPSA) is 468 Å². The summed E-state index contributed by atoms with van der Waals surface area (Å²) in [5.74, 6) is -7.50. The highest BCUT2D eigenvalue weighted by Crippen LogP contribution is 2.16. The summed E-state index contributed by atoms with van der Waals surface area (Å²) in [5, 5.41) is 35.3. The van der Waals surface area contributed by atoms with Crippen LogP contribution >= 0.6 is 0 Å². The van der Waals surface area contributed by atoms with E-state index < -0.39 is 125 Å². The molecule has 0 spiro atoms. The molecular weight excluding hydrogens is 1100 g/mol. The number of carbonyl (C=O) groups excluding carboxylic acids is 10. The Labute approximate surface area is 505 Å². The minimum atomic E-state index is -1.63. The first kappa shape index (κ1) is 78.8. The minimum absolute atomic E-state index is 0.0146. The van der Waals surface area contributed by atoms with Crippen molar-refractivity contribution in [2.45, 2.75) is 246 Å². The first-order valence-electron chi connectivity index (χ1n) is 30.8. The van der Waals surface area contributed by atoms with E-state index in [2.05, 4.69) is 52.8 Å². The van der Waals surface area contributed by atoms with Crippen molar-refractivity contribution < 1.29 is 53.1 Å². The van der Waals surface area contributed by atoms with E-state index in [0.717, 1.165) is 0 Å². The lowest BCUT2D eigenvalue weighted by Gasteiger charge is -2.30. The summed E-state index contributed by atoms with van der Waals surface area (Å²) in [6, 6.07) is -11.2. The van der Waals surface area contributed by atoms with Gasteiger partial charge in [-0.25, -0.2) is 0 Å². The summed E-state index contributed by atoms with van der Waals surface area (Å²) < 4.78 is 0. The van der Waals surface area contributed by atoms with Gasteiger partial charge in [0, 0.05) is 6.54 Å². The van der Waals surface area contributed by atoms with Crippen LogP contribution in [-0.2, 0) is 47.9 Å². The van der Waals surface area contributed by atoms with E-state index in [-0.39, 0.29) is 107 Å². The maximum absolute atomic E-state index is 14.6. The van der Waals surface area contributed by atoms with Gasteiger partial charge >= 0.3 is 0 Å². The Kier molecular flexibility index (Phi) is 40.3. The molecule has 0 saturated carbocycles. The van der Waals surface area contributed by atoms with Crippen molar-refractivity contribution in [1.82, 2.24) is 47.9 Å². The van der Waals surface area contributed by atoms with E-state index in [4.69, 9.17) is 34.4 Å². The molecule has 27 heteroatoms. The van der Waals surface area contributed by atoms with E-state index in [0.29, 0.717) is 57.8 Å². The third-order valence-electron chi connectivity index (χ3n) is 14.5. The molecule has 0 radical (unpaired) electrons. The molecule has 0 heterocycles. The fourth-order valence-corrected chi connectivity index (χ4v) is 8.87. The van der Waals surface area contributed by atoms with Crippen LogP contribution in [0.15, 0.2) is 4.99 Å². The van der Waals surface area contributed by atoms with Gasteiger partial charge in [0.15, 0.2) is 5.96 Å². The molecule has 0 rings (SSSR count). The highest BCUT2D eigenvalue weighted by molar-refractivity contribution is 5.98. The van der Waals surface area contributed by atoms with Crippen molar-refractivity contribution in [1.29, 1.82) is 0 Å². The summed E-state index contributed by atoms with van der Waals surface area (Å²) in [4.78, 5) is 142. The monoisotopic (exact) mass is 1210 g/mol. The molecule has 0 aromatic heterocycles. The van der Waals surface area contributed by atoms with E-state index in [1.165, 1.54) is 6.92 Å². The van der Waals surface area contributed by atoms with Crippen LogP contribution in [0.3, 0.4) is 0 Å². The van der Waals surface area contributed by atoms with Gasteiger partial charge in [0.05, 0.1) is 12.6 Å². The fraction of sp³-hybridized carbons (Fsp3) is 0.810. The molecule has 10 amide bonds. The van der Waals surface area contributed by atoms with Crippen LogP contribution in [0, 0.1) is 29.6 Å². The molecule has 85 heavy (non-hydrogen) atoms. The molecule has 0 unspecified atom stereocenters. The van der Waals surface area contributed by atoms with Crippen LogP contribution in [-0.4, -0.2) is 157 Å². The molecule has 22 N–H and O–H groups in total. The number of nitrogens with zero attached hydrogens (tertiary/aromatic N) is 1. The van der Waals surface area contributed by atoms with Gasteiger partial charge in [0.2, 0.25) is 59.1 Å².